The van der Waals surface area contributed by atoms with Gasteiger partial charge in [-0.25, -0.2) is 4.98 Å². The van der Waals surface area contributed by atoms with Crippen molar-refractivity contribution >= 4 is 5.91 Å². The number of nitrogens with one attached hydrogen (secondary N) is 1. The molecule has 1 aliphatic rings. The van der Waals surface area contributed by atoms with Crippen LogP contribution in [0.25, 0.3) is 0 Å². The average Bonchev–Trinajstić information content (AvgIpc) is 2.46. The lowest BCUT2D eigenvalue weighted by atomic mass is 9.86. The molecule has 19 heavy (non-hydrogen) atoms. The van der Waals surface area contributed by atoms with Gasteiger partial charge in [0, 0.05) is 30.8 Å². The molecule has 0 aliphatic heterocycles. The summed E-state index contributed by atoms with van der Waals surface area (Å²) in [4.78, 5) is 16.1. The third-order valence-electron chi connectivity index (χ3n) is 3.62. The normalized spacial score (nSPS) is 22.8. The first kappa shape index (κ1) is 13.8. The minimum absolute atomic E-state index is 0.114. The second kappa shape index (κ2) is 6.52. The van der Waals surface area contributed by atoms with Crippen LogP contribution in [-0.4, -0.2) is 24.0 Å². The van der Waals surface area contributed by atoms with Crippen LogP contribution in [0.15, 0.2) is 18.3 Å². The number of ether oxygens (including phenoxy) is 1. The van der Waals surface area contributed by atoms with E-state index in [2.05, 4.69) is 10.3 Å². The van der Waals surface area contributed by atoms with E-state index in [0.717, 1.165) is 31.2 Å². The molecule has 2 rings (SSSR count). The van der Waals surface area contributed by atoms with Gasteiger partial charge in [0.2, 0.25) is 11.8 Å². The molecule has 0 bridgehead atoms. The highest BCUT2D eigenvalue weighted by Gasteiger charge is 2.24. The van der Waals surface area contributed by atoms with E-state index in [4.69, 9.17) is 10.5 Å². The van der Waals surface area contributed by atoms with Crippen molar-refractivity contribution in [2.45, 2.75) is 38.3 Å². The van der Waals surface area contributed by atoms with E-state index in [1.165, 1.54) is 0 Å². The summed E-state index contributed by atoms with van der Waals surface area (Å²) in [6, 6.07) is 3.98. The molecule has 104 valence electrons. The number of carbonyl (C=O) groups is 1. The lowest BCUT2D eigenvalue weighted by Crippen LogP contribution is -2.35. The molecular weight excluding hydrogens is 242 g/mol. The highest BCUT2D eigenvalue weighted by atomic mass is 16.5. The summed E-state index contributed by atoms with van der Waals surface area (Å²) in [6.45, 7) is 0.514. The maximum absolute atomic E-state index is 12.0. The molecule has 1 aromatic heterocycles. The van der Waals surface area contributed by atoms with Gasteiger partial charge in [-0.15, -0.1) is 0 Å². The summed E-state index contributed by atoms with van der Waals surface area (Å²) in [5.41, 5.74) is 6.83. The van der Waals surface area contributed by atoms with Gasteiger partial charge in [0.05, 0.1) is 7.11 Å². The Morgan fingerprint density at radius 1 is 1.47 bits per heavy atom. The van der Waals surface area contributed by atoms with Crippen molar-refractivity contribution in [3.63, 3.8) is 0 Å². The maximum Gasteiger partial charge on any atom is 0.223 e. The van der Waals surface area contributed by atoms with Crippen LogP contribution < -0.4 is 15.8 Å². The number of nitrogens with zero attached hydrogens (tertiary/aromatic N) is 1. The number of nitrogens with two attached hydrogens (primary N) is 1. The maximum atomic E-state index is 12.0. The number of hydrogen-bond donors (Lipinski definition) is 2. The van der Waals surface area contributed by atoms with Crippen molar-refractivity contribution in [2.24, 2.45) is 11.7 Å². The zero-order valence-corrected chi connectivity index (χ0v) is 11.3. The van der Waals surface area contributed by atoms with Gasteiger partial charge in [0.1, 0.15) is 0 Å². The largest absolute Gasteiger partial charge is 0.481 e. The van der Waals surface area contributed by atoms with Gasteiger partial charge in [-0.2, -0.15) is 0 Å². The van der Waals surface area contributed by atoms with Crippen molar-refractivity contribution in [3.8, 4) is 5.88 Å². The standard InChI is InChI=1S/C14H21N3O2/c1-19-13-8-10(6-7-16-13)9-17-14(18)11-2-4-12(15)5-3-11/h6-8,11-12H,2-5,9,15H2,1H3,(H,17,18). The summed E-state index contributed by atoms with van der Waals surface area (Å²) < 4.78 is 5.05. The Morgan fingerprint density at radius 3 is 2.89 bits per heavy atom. The predicted octanol–water partition coefficient (Wildman–Crippen LogP) is 1.22. The Hall–Kier alpha value is -1.62. The van der Waals surface area contributed by atoms with Crippen molar-refractivity contribution < 1.29 is 9.53 Å². The quantitative estimate of drug-likeness (QED) is 0.856. The monoisotopic (exact) mass is 263 g/mol. The first-order valence-corrected chi connectivity index (χ1v) is 6.71. The Bertz CT molecular complexity index is 428. The highest BCUT2D eigenvalue weighted by Crippen LogP contribution is 2.23. The Balaban J connectivity index is 1.82. The number of amides is 1. The van der Waals surface area contributed by atoms with Crippen LogP contribution in [0.4, 0.5) is 0 Å². The van der Waals surface area contributed by atoms with Crippen LogP contribution in [0.3, 0.4) is 0 Å². The molecule has 5 nitrogen and oxygen atoms in total. The highest BCUT2D eigenvalue weighted by molar-refractivity contribution is 5.78. The zero-order valence-electron chi connectivity index (χ0n) is 11.3. The van der Waals surface area contributed by atoms with Crippen LogP contribution in [-0.2, 0) is 11.3 Å². The van der Waals surface area contributed by atoms with Crippen LogP contribution in [0, 0.1) is 5.92 Å². The summed E-state index contributed by atoms with van der Waals surface area (Å²) >= 11 is 0. The second-order valence-electron chi connectivity index (χ2n) is 5.04. The fourth-order valence-electron chi connectivity index (χ4n) is 2.39. The van der Waals surface area contributed by atoms with Crippen LogP contribution in [0.2, 0.25) is 0 Å². The van der Waals surface area contributed by atoms with Crippen LogP contribution in [0.1, 0.15) is 31.2 Å². The topological polar surface area (TPSA) is 77.2 Å². The van der Waals surface area contributed by atoms with Crippen molar-refractivity contribution in [2.75, 3.05) is 7.11 Å². The number of hydrogen-bond acceptors (Lipinski definition) is 4. The first-order valence-electron chi connectivity index (χ1n) is 6.71. The van der Waals surface area contributed by atoms with Gasteiger partial charge in [-0.1, -0.05) is 0 Å². The van der Waals surface area contributed by atoms with Crippen LogP contribution in [0.5, 0.6) is 5.88 Å². The summed E-state index contributed by atoms with van der Waals surface area (Å²) in [5, 5.41) is 2.97. The molecule has 0 aromatic carbocycles. The molecule has 5 heteroatoms. The van der Waals surface area contributed by atoms with Crippen molar-refractivity contribution in [3.05, 3.63) is 23.9 Å². The number of carbonyl (C=O) groups excluding carboxylic acids is 1. The molecule has 1 heterocycles. The Morgan fingerprint density at radius 2 is 2.21 bits per heavy atom. The minimum Gasteiger partial charge on any atom is -0.481 e. The smallest absolute Gasteiger partial charge is 0.223 e. The number of rotatable bonds is 4. The fourth-order valence-corrected chi connectivity index (χ4v) is 2.39. The summed E-state index contributed by atoms with van der Waals surface area (Å²) in [6.07, 6.45) is 5.36. The minimum atomic E-state index is 0.114. The third-order valence-corrected chi connectivity index (χ3v) is 3.62. The average molecular weight is 263 g/mol. The molecule has 1 fully saturated rings. The Kier molecular flexibility index (Phi) is 4.74. The van der Waals surface area contributed by atoms with E-state index in [0.29, 0.717) is 12.4 Å². The van der Waals surface area contributed by atoms with E-state index in [9.17, 15) is 4.79 Å². The van der Waals surface area contributed by atoms with Gasteiger partial charge in [-0.3, -0.25) is 4.79 Å². The molecule has 1 aromatic rings. The van der Waals surface area contributed by atoms with E-state index < -0.39 is 0 Å². The molecule has 0 saturated heterocycles. The van der Waals surface area contributed by atoms with Gasteiger partial charge in [-0.05, 0) is 37.3 Å². The van der Waals surface area contributed by atoms with Gasteiger partial charge >= 0.3 is 0 Å². The number of methoxy groups -OCH3 is 1. The van der Waals surface area contributed by atoms with Crippen molar-refractivity contribution in [1.29, 1.82) is 0 Å². The third kappa shape index (κ3) is 3.92. The summed E-state index contributed by atoms with van der Waals surface area (Å²) in [5.74, 6) is 0.807. The van der Waals surface area contributed by atoms with Gasteiger partial charge < -0.3 is 15.8 Å². The second-order valence-corrected chi connectivity index (χ2v) is 5.04. The first-order chi connectivity index (χ1) is 9.19. The van der Waals surface area contributed by atoms with E-state index in [1.54, 1.807) is 13.3 Å². The molecule has 0 unspecified atom stereocenters. The van der Waals surface area contributed by atoms with E-state index in [-0.39, 0.29) is 17.9 Å². The molecule has 0 atom stereocenters. The molecule has 1 amide bonds. The van der Waals surface area contributed by atoms with Gasteiger partial charge in [0.25, 0.3) is 0 Å². The summed E-state index contributed by atoms with van der Waals surface area (Å²) in [7, 11) is 1.58. The molecule has 1 aliphatic carbocycles. The molecule has 0 spiro atoms. The van der Waals surface area contributed by atoms with Crippen molar-refractivity contribution in [1.82, 2.24) is 10.3 Å². The molecular formula is C14H21N3O2. The number of pyridine rings is 1. The molecule has 1 saturated carbocycles. The lowest BCUT2D eigenvalue weighted by Gasteiger charge is -2.25. The molecule has 0 radical (unpaired) electrons. The van der Waals surface area contributed by atoms with Crippen LogP contribution >= 0.6 is 0 Å². The fraction of sp³-hybridized carbons (Fsp3) is 0.571. The van der Waals surface area contributed by atoms with E-state index >= 15 is 0 Å². The lowest BCUT2D eigenvalue weighted by molar-refractivity contribution is -0.126. The zero-order chi connectivity index (χ0) is 13.7. The van der Waals surface area contributed by atoms with Gasteiger partial charge in [0.15, 0.2) is 0 Å². The van der Waals surface area contributed by atoms with E-state index in [1.807, 2.05) is 12.1 Å². The SMILES string of the molecule is COc1cc(CNC(=O)C2CCC(N)CC2)ccn1. The predicted molar refractivity (Wildman–Crippen MR) is 72.6 cm³/mol. The Labute approximate surface area is 113 Å². The molecule has 3 N–H and O–H groups in total. The number of aromatic nitrogens is 1.